The second-order valence-electron chi connectivity index (χ2n) is 18.3. The van der Waals surface area contributed by atoms with Crippen molar-refractivity contribution in [1.29, 1.82) is 0 Å². The van der Waals surface area contributed by atoms with Crippen molar-refractivity contribution in [2.24, 2.45) is 11.8 Å². The summed E-state index contributed by atoms with van der Waals surface area (Å²) in [5.41, 5.74) is 2.12. The van der Waals surface area contributed by atoms with E-state index in [2.05, 4.69) is 20.9 Å². The van der Waals surface area contributed by atoms with Gasteiger partial charge in [0.25, 0.3) is 0 Å². The fraction of sp³-hybridized carbons (Fsp3) is 0.545. The van der Waals surface area contributed by atoms with Crippen LogP contribution in [-0.4, -0.2) is 109 Å². The standard InChI is InChI=1S/C44H61N7O8/c1-25(2)35(48-41(56)59-44(8,9)10)39(54)49-21-11-13-33(49)38(53)46-30-19-20-31-28(23-30)24-32(47-31)27-15-17-29(18-16-27)45-37(52)34-14-12-22-50(34)40(55)36(26(3)4)51(42(57)58)43(5,6)7/h15-20,23-26,33-36,47H,11-14,21-22H2,1-10H3,(H,45,52)(H,46,53)(H,48,56)(H,57,58)/t33?,34-,35-,36+/m0/s1. The van der Waals surface area contributed by atoms with Gasteiger partial charge in [-0.2, -0.15) is 0 Å². The third-order valence-electron chi connectivity index (χ3n) is 10.7. The third kappa shape index (κ3) is 10.5. The first-order chi connectivity index (χ1) is 27.5. The first-order valence-electron chi connectivity index (χ1n) is 20.5. The predicted molar refractivity (Wildman–Crippen MR) is 227 cm³/mol. The van der Waals surface area contributed by atoms with Crippen molar-refractivity contribution in [3.8, 4) is 11.3 Å². The maximum Gasteiger partial charge on any atom is 0.408 e. The molecule has 15 nitrogen and oxygen atoms in total. The highest BCUT2D eigenvalue weighted by molar-refractivity contribution is 6.01. The number of hydrogen-bond acceptors (Lipinski definition) is 7. The monoisotopic (exact) mass is 815 g/mol. The molecule has 0 saturated carbocycles. The number of anilines is 2. The number of alkyl carbamates (subject to hydrolysis) is 1. The maximum absolute atomic E-state index is 13.9. The van der Waals surface area contributed by atoms with Gasteiger partial charge in [-0.05, 0) is 121 Å². The summed E-state index contributed by atoms with van der Waals surface area (Å²) >= 11 is 0. The predicted octanol–water partition coefficient (Wildman–Crippen LogP) is 7.05. The number of rotatable bonds is 11. The van der Waals surface area contributed by atoms with Gasteiger partial charge in [-0.3, -0.25) is 24.1 Å². The molecule has 3 aromatic rings. The van der Waals surface area contributed by atoms with Gasteiger partial charge in [0.2, 0.25) is 23.6 Å². The number of H-pyrrole nitrogens is 1. The van der Waals surface area contributed by atoms with E-state index in [-0.39, 0.29) is 35.5 Å². The number of hydrogen-bond donors (Lipinski definition) is 5. The molecular weight excluding hydrogens is 755 g/mol. The molecule has 5 N–H and O–H groups in total. The zero-order valence-electron chi connectivity index (χ0n) is 36.0. The lowest BCUT2D eigenvalue weighted by Crippen LogP contribution is -2.60. The van der Waals surface area contributed by atoms with Crippen molar-refractivity contribution in [1.82, 2.24) is 25.0 Å². The molecule has 0 aliphatic carbocycles. The number of carbonyl (C=O) groups excluding carboxylic acids is 5. The number of likely N-dealkylation sites (tertiary alicyclic amines) is 2. The topological polar surface area (TPSA) is 193 Å². The van der Waals surface area contributed by atoms with E-state index in [1.807, 2.05) is 58.0 Å². The van der Waals surface area contributed by atoms with E-state index in [0.717, 1.165) is 22.2 Å². The van der Waals surface area contributed by atoms with Crippen LogP contribution in [0.2, 0.25) is 0 Å². The summed E-state index contributed by atoms with van der Waals surface area (Å²) in [6, 6.07) is 11.6. The Morgan fingerprint density at radius 2 is 1.31 bits per heavy atom. The number of aromatic amines is 1. The average molecular weight is 816 g/mol. The Morgan fingerprint density at radius 1 is 0.763 bits per heavy atom. The summed E-state index contributed by atoms with van der Waals surface area (Å²) in [6.07, 6.45) is 0.405. The molecule has 0 spiro atoms. The summed E-state index contributed by atoms with van der Waals surface area (Å²) in [5.74, 6) is -1.85. The zero-order valence-corrected chi connectivity index (χ0v) is 36.0. The number of ether oxygens (including phenoxy) is 1. The van der Waals surface area contributed by atoms with Gasteiger partial charge < -0.3 is 40.6 Å². The van der Waals surface area contributed by atoms with Crippen LogP contribution in [0, 0.1) is 11.8 Å². The van der Waals surface area contributed by atoms with Crippen molar-refractivity contribution in [2.45, 2.75) is 130 Å². The van der Waals surface area contributed by atoms with Gasteiger partial charge in [0, 0.05) is 46.6 Å². The molecule has 0 bridgehead atoms. The Balaban J connectivity index is 1.23. The fourth-order valence-electron chi connectivity index (χ4n) is 7.97. The molecule has 2 saturated heterocycles. The SMILES string of the molecule is CC(C)[C@H](NC(=O)OC(C)(C)C)C(=O)N1CCCC1C(=O)Nc1ccc2[nH]c(-c3ccc(NC(=O)[C@@H]4CCCN4C(=O)[C@@H](C(C)C)N(C(=O)O)C(C)(C)C)cc3)cc2c1. The Kier molecular flexibility index (Phi) is 13.4. The van der Waals surface area contributed by atoms with Crippen LogP contribution in [0.15, 0.2) is 48.5 Å². The first kappa shape index (κ1) is 44.5. The second-order valence-corrected chi connectivity index (χ2v) is 18.3. The van der Waals surface area contributed by atoms with Crippen LogP contribution in [-0.2, 0) is 23.9 Å². The van der Waals surface area contributed by atoms with Gasteiger partial charge in [-0.25, -0.2) is 9.59 Å². The minimum atomic E-state index is -1.18. The van der Waals surface area contributed by atoms with Gasteiger partial charge in [-0.15, -0.1) is 0 Å². The molecule has 2 fully saturated rings. The fourth-order valence-corrected chi connectivity index (χ4v) is 7.97. The lowest BCUT2D eigenvalue weighted by Gasteiger charge is -2.42. The van der Waals surface area contributed by atoms with Crippen LogP contribution in [0.25, 0.3) is 22.2 Å². The summed E-state index contributed by atoms with van der Waals surface area (Å²) in [5, 5.41) is 19.5. The Morgan fingerprint density at radius 3 is 1.81 bits per heavy atom. The second kappa shape index (κ2) is 17.7. The average Bonchev–Trinajstić information content (AvgIpc) is 3.91. The highest BCUT2D eigenvalue weighted by atomic mass is 16.6. The molecular formula is C44H61N7O8. The lowest BCUT2D eigenvalue weighted by molar-refractivity contribution is -0.144. The van der Waals surface area contributed by atoms with Crippen molar-refractivity contribution >= 4 is 58.1 Å². The molecule has 2 aliphatic rings. The molecule has 6 amide bonds. The van der Waals surface area contributed by atoms with E-state index in [0.29, 0.717) is 50.1 Å². The van der Waals surface area contributed by atoms with Gasteiger partial charge in [0.1, 0.15) is 29.8 Å². The number of benzene rings is 2. The van der Waals surface area contributed by atoms with Crippen molar-refractivity contribution in [3.05, 3.63) is 48.5 Å². The van der Waals surface area contributed by atoms with Crippen LogP contribution in [0.4, 0.5) is 21.0 Å². The highest BCUT2D eigenvalue weighted by Crippen LogP contribution is 2.31. The molecule has 59 heavy (non-hydrogen) atoms. The number of aromatic nitrogens is 1. The number of fused-ring (bicyclic) bond motifs is 1. The summed E-state index contributed by atoms with van der Waals surface area (Å²) < 4.78 is 5.38. The normalized spacial score (nSPS) is 18.2. The van der Waals surface area contributed by atoms with Gasteiger partial charge in [0.05, 0.1) is 0 Å². The summed E-state index contributed by atoms with van der Waals surface area (Å²) in [7, 11) is 0. The van der Waals surface area contributed by atoms with E-state index < -0.39 is 47.5 Å². The third-order valence-corrected chi connectivity index (χ3v) is 10.7. The minimum absolute atomic E-state index is 0.226. The van der Waals surface area contributed by atoms with Crippen molar-refractivity contribution in [3.63, 3.8) is 0 Å². The molecule has 3 heterocycles. The van der Waals surface area contributed by atoms with E-state index in [4.69, 9.17) is 4.74 Å². The zero-order chi connectivity index (χ0) is 43.6. The van der Waals surface area contributed by atoms with Gasteiger partial charge >= 0.3 is 12.2 Å². The van der Waals surface area contributed by atoms with E-state index >= 15 is 0 Å². The highest BCUT2D eigenvalue weighted by Gasteiger charge is 2.45. The molecule has 15 heteroatoms. The number of nitrogens with one attached hydrogen (secondary N) is 4. The van der Waals surface area contributed by atoms with E-state index in [1.165, 1.54) is 9.80 Å². The summed E-state index contributed by atoms with van der Waals surface area (Å²) in [6.45, 7) is 18.6. The number of carbonyl (C=O) groups is 6. The van der Waals surface area contributed by atoms with E-state index in [9.17, 15) is 33.9 Å². The minimum Gasteiger partial charge on any atom is -0.465 e. The van der Waals surface area contributed by atoms with Crippen LogP contribution in [0.5, 0.6) is 0 Å². The lowest BCUT2D eigenvalue weighted by atomic mass is 9.95. The largest absolute Gasteiger partial charge is 0.465 e. The molecule has 1 unspecified atom stereocenters. The molecule has 4 atom stereocenters. The molecule has 2 aromatic carbocycles. The van der Waals surface area contributed by atoms with Crippen LogP contribution in [0.3, 0.4) is 0 Å². The number of carboxylic acid groups (broad SMARTS) is 1. The number of amides is 6. The smallest absolute Gasteiger partial charge is 0.408 e. The van der Waals surface area contributed by atoms with Gasteiger partial charge in [-0.1, -0.05) is 39.8 Å². The Hall–Kier alpha value is -5.60. The van der Waals surface area contributed by atoms with Crippen LogP contribution >= 0.6 is 0 Å². The van der Waals surface area contributed by atoms with Crippen molar-refractivity contribution < 1.29 is 38.6 Å². The van der Waals surface area contributed by atoms with Crippen LogP contribution in [0.1, 0.15) is 94.9 Å². The molecule has 0 radical (unpaired) electrons. The quantitative estimate of drug-likeness (QED) is 0.136. The maximum atomic E-state index is 13.9. The molecule has 1 aromatic heterocycles. The Labute approximate surface area is 346 Å². The number of nitrogens with zero attached hydrogens (tertiary/aromatic N) is 3. The molecule has 5 rings (SSSR count). The van der Waals surface area contributed by atoms with Crippen LogP contribution < -0.4 is 16.0 Å². The van der Waals surface area contributed by atoms with Crippen molar-refractivity contribution in [2.75, 3.05) is 23.7 Å². The summed E-state index contributed by atoms with van der Waals surface area (Å²) in [4.78, 5) is 87.2. The Bertz CT molecular complexity index is 2050. The first-order valence-corrected chi connectivity index (χ1v) is 20.5. The van der Waals surface area contributed by atoms with Gasteiger partial charge in [0.15, 0.2) is 0 Å². The molecule has 320 valence electrons. The molecule has 2 aliphatic heterocycles. The van der Waals surface area contributed by atoms with E-state index in [1.54, 1.807) is 64.6 Å².